The van der Waals surface area contributed by atoms with Gasteiger partial charge in [-0.2, -0.15) is 0 Å². The van der Waals surface area contributed by atoms with Gasteiger partial charge >= 0.3 is 5.97 Å². The minimum atomic E-state index is -0.831. The first-order chi connectivity index (χ1) is 8.72. The van der Waals surface area contributed by atoms with E-state index in [2.05, 4.69) is 10.6 Å². The molecule has 6 heteroatoms. The monoisotopic (exact) mass is 255 g/mol. The van der Waals surface area contributed by atoms with Gasteiger partial charge in [0.2, 0.25) is 0 Å². The van der Waals surface area contributed by atoms with Gasteiger partial charge in [-0.3, -0.25) is 15.0 Å². The Morgan fingerprint density at radius 2 is 2.28 bits per heavy atom. The molecule has 3 atom stereocenters. The summed E-state index contributed by atoms with van der Waals surface area (Å²) >= 11 is 0. The van der Waals surface area contributed by atoms with Crippen LogP contribution >= 0.6 is 0 Å². The van der Waals surface area contributed by atoms with E-state index < -0.39 is 18.2 Å². The summed E-state index contributed by atoms with van der Waals surface area (Å²) in [7, 11) is 0. The van der Waals surface area contributed by atoms with Crippen molar-refractivity contribution in [2.24, 2.45) is 0 Å². The zero-order chi connectivity index (χ0) is 13.0. The second-order valence-corrected chi connectivity index (χ2v) is 5.02. The van der Waals surface area contributed by atoms with Gasteiger partial charge in [-0.15, -0.1) is 0 Å². The van der Waals surface area contributed by atoms with Crippen LogP contribution in [0.2, 0.25) is 0 Å². The number of likely N-dealkylation sites (tertiary alicyclic amines) is 1. The number of carboxylic acid groups (broad SMARTS) is 1. The number of hydrogen-bond acceptors (Lipinski definition) is 5. The molecule has 2 saturated heterocycles. The number of nitrogens with zero attached hydrogens (tertiary/aromatic N) is 1. The van der Waals surface area contributed by atoms with Crippen molar-refractivity contribution in [2.45, 2.75) is 43.9 Å². The van der Waals surface area contributed by atoms with Crippen LogP contribution in [0.25, 0.3) is 0 Å². The van der Waals surface area contributed by atoms with Gasteiger partial charge in [0.05, 0.1) is 0 Å². The van der Waals surface area contributed by atoms with Crippen molar-refractivity contribution in [3.8, 4) is 0 Å². The lowest BCUT2D eigenvalue weighted by Crippen LogP contribution is -2.57. The fraction of sp³-hybridized carbons (Fsp3) is 0.833. The highest BCUT2D eigenvalue weighted by molar-refractivity contribution is 5.74. The van der Waals surface area contributed by atoms with Crippen LogP contribution in [0, 0.1) is 0 Å². The standard InChI is InChI=1S/C12H21N3O3/c16-8-11(14-9-3-1-5-13-7-9)15-6-2-4-10(15)12(17)18/h8-11,13-14H,1-7H2,(H,17,18). The van der Waals surface area contributed by atoms with E-state index in [-0.39, 0.29) is 6.04 Å². The van der Waals surface area contributed by atoms with Gasteiger partial charge in [0.15, 0.2) is 6.29 Å². The molecular weight excluding hydrogens is 234 g/mol. The summed E-state index contributed by atoms with van der Waals surface area (Å²) in [4.78, 5) is 24.1. The van der Waals surface area contributed by atoms with Gasteiger partial charge in [-0.05, 0) is 32.2 Å². The highest BCUT2D eigenvalue weighted by Gasteiger charge is 2.36. The fourth-order valence-corrected chi connectivity index (χ4v) is 2.84. The predicted molar refractivity (Wildman–Crippen MR) is 66.2 cm³/mol. The Kier molecular flexibility index (Phi) is 4.68. The molecule has 0 radical (unpaired) electrons. The maximum Gasteiger partial charge on any atom is 0.320 e. The third-order valence-electron chi connectivity index (χ3n) is 3.77. The molecule has 0 bridgehead atoms. The normalized spacial score (nSPS) is 31.1. The fourth-order valence-electron chi connectivity index (χ4n) is 2.84. The lowest BCUT2D eigenvalue weighted by atomic mass is 10.1. The molecule has 2 aliphatic heterocycles. The first-order valence-corrected chi connectivity index (χ1v) is 6.63. The highest BCUT2D eigenvalue weighted by atomic mass is 16.4. The molecule has 0 amide bonds. The van der Waals surface area contributed by atoms with Crippen LogP contribution in [0.3, 0.4) is 0 Å². The van der Waals surface area contributed by atoms with E-state index in [1.54, 1.807) is 4.90 Å². The van der Waals surface area contributed by atoms with Crippen molar-refractivity contribution in [1.29, 1.82) is 0 Å². The first-order valence-electron chi connectivity index (χ1n) is 6.63. The van der Waals surface area contributed by atoms with E-state index in [4.69, 9.17) is 5.11 Å². The van der Waals surface area contributed by atoms with Crippen LogP contribution in [-0.2, 0) is 9.59 Å². The molecular formula is C12H21N3O3. The van der Waals surface area contributed by atoms with Crippen LogP contribution in [0.15, 0.2) is 0 Å². The molecule has 3 unspecified atom stereocenters. The van der Waals surface area contributed by atoms with Gasteiger partial charge in [0, 0.05) is 19.1 Å². The number of piperidine rings is 1. The molecule has 0 aliphatic carbocycles. The van der Waals surface area contributed by atoms with Crippen molar-refractivity contribution in [2.75, 3.05) is 19.6 Å². The van der Waals surface area contributed by atoms with E-state index in [0.29, 0.717) is 13.0 Å². The molecule has 3 N–H and O–H groups in total. The van der Waals surface area contributed by atoms with Crippen molar-refractivity contribution < 1.29 is 14.7 Å². The highest BCUT2D eigenvalue weighted by Crippen LogP contribution is 2.19. The summed E-state index contributed by atoms with van der Waals surface area (Å²) in [6.07, 6.45) is 3.94. The van der Waals surface area contributed by atoms with Crippen LogP contribution < -0.4 is 10.6 Å². The lowest BCUT2D eigenvalue weighted by Gasteiger charge is -2.33. The zero-order valence-corrected chi connectivity index (χ0v) is 10.5. The van der Waals surface area contributed by atoms with E-state index in [9.17, 15) is 9.59 Å². The van der Waals surface area contributed by atoms with Gasteiger partial charge < -0.3 is 15.2 Å². The number of nitrogens with one attached hydrogen (secondary N) is 2. The van der Waals surface area contributed by atoms with Crippen molar-refractivity contribution >= 4 is 12.3 Å². The molecule has 102 valence electrons. The van der Waals surface area contributed by atoms with Crippen LogP contribution in [0.5, 0.6) is 0 Å². The lowest BCUT2D eigenvalue weighted by molar-refractivity contribution is -0.143. The molecule has 0 aromatic carbocycles. The predicted octanol–water partition coefficient (Wildman–Crippen LogP) is -0.598. The number of carboxylic acids is 1. The van der Waals surface area contributed by atoms with E-state index >= 15 is 0 Å². The molecule has 2 heterocycles. The molecule has 2 fully saturated rings. The number of rotatable bonds is 5. The smallest absolute Gasteiger partial charge is 0.320 e. The second kappa shape index (κ2) is 6.26. The Bertz CT molecular complexity index is 305. The second-order valence-electron chi connectivity index (χ2n) is 5.02. The Balaban J connectivity index is 1.94. The van der Waals surface area contributed by atoms with E-state index in [1.165, 1.54) is 0 Å². The summed E-state index contributed by atoms with van der Waals surface area (Å²) in [5.74, 6) is -0.831. The Labute approximate surface area is 107 Å². The summed E-state index contributed by atoms with van der Waals surface area (Å²) in [6.45, 7) is 2.54. The van der Waals surface area contributed by atoms with Crippen molar-refractivity contribution in [3.05, 3.63) is 0 Å². The average molecular weight is 255 g/mol. The zero-order valence-electron chi connectivity index (χ0n) is 10.5. The minimum Gasteiger partial charge on any atom is -0.480 e. The van der Waals surface area contributed by atoms with Crippen LogP contribution in [0.1, 0.15) is 25.7 Å². The minimum absolute atomic E-state index is 0.254. The van der Waals surface area contributed by atoms with Crippen LogP contribution in [-0.4, -0.2) is 60.1 Å². The van der Waals surface area contributed by atoms with Crippen molar-refractivity contribution in [1.82, 2.24) is 15.5 Å². The van der Waals surface area contributed by atoms with E-state index in [1.807, 2.05) is 0 Å². The van der Waals surface area contributed by atoms with Crippen molar-refractivity contribution in [3.63, 3.8) is 0 Å². The maximum atomic E-state index is 11.2. The number of hydrogen-bond donors (Lipinski definition) is 3. The molecule has 0 aromatic heterocycles. The number of aliphatic carboxylic acids is 1. The molecule has 2 rings (SSSR count). The van der Waals surface area contributed by atoms with E-state index in [0.717, 1.165) is 38.6 Å². The number of carbonyl (C=O) groups is 2. The van der Waals surface area contributed by atoms with Gasteiger partial charge in [0.1, 0.15) is 12.2 Å². The summed E-state index contributed by atoms with van der Waals surface area (Å²) in [5.41, 5.74) is 0. The van der Waals surface area contributed by atoms with Gasteiger partial charge in [-0.1, -0.05) is 0 Å². The molecule has 2 aliphatic rings. The SMILES string of the molecule is O=CC(NC1CCCNC1)N1CCCC1C(=O)O. The Morgan fingerprint density at radius 3 is 2.89 bits per heavy atom. The number of aldehydes is 1. The third kappa shape index (κ3) is 3.07. The van der Waals surface area contributed by atoms with Gasteiger partial charge in [-0.25, -0.2) is 0 Å². The summed E-state index contributed by atoms with van der Waals surface area (Å²) in [6, 6.07) is -0.270. The molecule has 0 saturated carbocycles. The Morgan fingerprint density at radius 1 is 1.44 bits per heavy atom. The topological polar surface area (TPSA) is 81.7 Å². The average Bonchev–Trinajstić information content (AvgIpc) is 2.86. The molecule has 6 nitrogen and oxygen atoms in total. The quantitative estimate of drug-likeness (QED) is 0.569. The summed E-state index contributed by atoms with van der Waals surface area (Å²) < 4.78 is 0. The third-order valence-corrected chi connectivity index (χ3v) is 3.77. The van der Waals surface area contributed by atoms with Crippen LogP contribution in [0.4, 0.5) is 0 Å². The van der Waals surface area contributed by atoms with Gasteiger partial charge in [0.25, 0.3) is 0 Å². The summed E-state index contributed by atoms with van der Waals surface area (Å²) in [5, 5.41) is 15.7. The Hall–Kier alpha value is -0.980. The molecule has 0 spiro atoms. The largest absolute Gasteiger partial charge is 0.480 e. The maximum absolute atomic E-state index is 11.2. The molecule has 18 heavy (non-hydrogen) atoms. The number of carbonyl (C=O) groups excluding carboxylic acids is 1. The first kappa shape index (κ1) is 13.5. The molecule has 0 aromatic rings.